The van der Waals surface area contributed by atoms with Gasteiger partial charge in [0.2, 0.25) is 5.91 Å². The molecule has 0 fully saturated rings. The fraction of sp³-hybridized carbons (Fsp3) is 0.583. The second kappa shape index (κ2) is 11.0. The minimum absolute atomic E-state index is 0.0289. The number of hydrogen-bond donors (Lipinski definition) is 1. The Hall–Kier alpha value is -1.64. The minimum atomic E-state index is -0.505. The van der Waals surface area contributed by atoms with Gasteiger partial charge in [0.1, 0.15) is 11.6 Å². The summed E-state index contributed by atoms with van der Waals surface area (Å²) in [6.45, 7) is 10.1. The molecule has 1 aliphatic heterocycles. The number of unbranched alkanes of at least 4 members (excludes halogenated alkanes) is 1. The van der Waals surface area contributed by atoms with Crippen molar-refractivity contribution in [2.75, 3.05) is 19.4 Å². The van der Waals surface area contributed by atoms with E-state index in [9.17, 15) is 4.79 Å². The first kappa shape index (κ1) is 25.0. The fourth-order valence-electron chi connectivity index (χ4n) is 3.89. The largest absolute Gasteiger partial charge is 0.496 e. The third-order valence-corrected chi connectivity index (χ3v) is 8.81. The lowest BCUT2D eigenvalue weighted by molar-refractivity contribution is -0.136. The van der Waals surface area contributed by atoms with Crippen LogP contribution in [0.2, 0.25) is 0 Å². The summed E-state index contributed by atoms with van der Waals surface area (Å²) < 4.78 is 7.88. The number of hydrogen-bond acceptors (Lipinski definition) is 6. The summed E-state index contributed by atoms with van der Waals surface area (Å²) in [4.78, 5) is 20.3. The summed E-state index contributed by atoms with van der Waals surface area (Å²) in [6.07, 6.45) is 5.09. The molecule has 2 N–H and O–H groups in total. The predicted octanol–water partition coefficient (Wildman–Crippen LogP) is 5.14. The Kier molecular flexibility index (Phi) is 8.58. The number of nitrogens with zero attached hydrogens (tertiary/aromatic N) is 3. The van der Waals surface area contributed by atoms with E-state index in [0.717, 1.165) is 48.6 Å². The smallest absolute Gasteiger partial charge is 0.241 e. The molecule has 1 aromatic heterocycles. The molecule has 0 radical (unpaired) electrons. The maximum absolute atomic E-state index is 13.3. The maximum Gasteiger partial charge on any atom is 0.241 e. The zero-order valence-electron chi connectivity index (χ0n) is 19.8. The first-order valence-corrected chi connectivity index (χ1v) is 13.6. The normalized spacial score (nSPS) is 17.2. The second-order valence-electron chi connectivity index (χ2n) is 9.15. The summed E-state index contributed by atoms with van der Waals surface area (Å²) in [5, 5.41) is 0. The number of carbonyl (C=O) groups excluding carboxylic acids is 1. The third-order valence-electron chi connectivity index (χ3n) is 5.43. The van der Waals surface area contributed by atoms with Crippen molar-refractivity contribution in [2.45, 2.75) is 70.3 Å². The van der Waals surface area contributed by atoms with Gasteiger partial charge in [-0.1, -0.05) is 74.3 Å². The Morgan fingerprint density at radius 1 is 1.31 bits per heavy atom. The number of ether oxygens (including phenoxy) is 1. The lowest BCUT2D eigenvalue weighted by atomic mass is 10.0. The number of methoxy groups -OCH3 is 1. The van der Waals surface area contributed by atoms with Crippen molar-refractivity contribution in [1.82, 2.24) is 14.5 Å². The molecule has 1 aromatic carbocycles. The molecule has 0 aliphatic carbocycles. The van der Waals surface area contributed by atoms with Gasteiger partial charge in [-0.15, -0.1) is 0 Å². The average Bonchev–Trinajstić information content (AvgIpc) is 3.20. The molecule has 0 spiro atoms. The molecule has 0 saturated carbocycles. The zero-order chi connectivity index (χ0) is 23.3. The lowest BCUT2D eigenvalue weighted by Gasteiger charge is -2.37. The zero-order valence-corrected chi connectivity index (χ0v) is 21.5. The predicted molar refractivity (Wildman–Crippen MR) is 136 cm³/mol. The molecule has 3 rings (SSSR count). The SMILES string of the molecule is CCCC[C@H]1c2nc(-c3ccccc3OC)cn2CCN1C(=O)[C@H](N)CSSC(C)(C)C. The van der Waals surface area contributed by atoms with Crippen molar-refractivity contribution in [1.29, 1.82) is 0 Å². The van der Waals surface area contributed by atoms with E-state index in [0.29, 0.717) is 12.3 Å². The molecule has 1 amide bonds. The molecule has 1 aliphatic rings. The highest BCUT2D eigenvalue weighted by atomic mass is 33.1. The van der Waals surface area contributed by atoms with Crippen LogP contribution in [-0.4, -0.2) is 50.6 Å². The highest BCUT2D eigenvalue weighted by Crippen LogP contribution is 2.37. The summed E-state index contributed by atoms with van der Waals surface area (Å²) in [5.74, 6) is 2.39. The molecule has 176 valence electrons. The van der Waals surface area contributed by atoms with Gasteiger partial charge in [-0.05, 0) is 18.6 Å². The lowest BCUT2D eigenvalue weighted by Crippen LogP contribution is -2.50. The Bertz CT molecular complexity index is 910. The Morgan fingerprint density at radius 3 is 2.75 bits per heavy atom. The van der Waals surface area contributed by atoms with Gasteiger partial charge in [0.05, 0.1) is 24.9 Å². The number of fused-ring (bicyclic) bond motifs is 1. The number of para-hydroxylation sites is 1. The third kappa shape index (κ3) is 6.02. The van der Waals surface area contributed by atoms with Gasteiger partial charge in [-0.2, -0.15) is 0 Å². The molecule has 0 bridgehead atoms. The van der Waals surface area contributed by atoms with Crippen LogP contribution in [0.4, 0.5) is 0 Å². The van der Waals surface area contributed by atoms with Gasteiger partial charge in [-0.3, -0.25) is 4.79 Å². The van der Waals surface area contributed by atoms with E-state index in [2.05, 4.69) is 38.5 Å². The second-order valence-corrected chi connectivity index (χ2v) is 12.3. The number of carbonyl (C=O) groups is 1. The van der Waals surface area contributed by atoms with Crippen molar-refractivity contribution < 1.29 is 9.53 Å². The topological polar surface area (TPSA) is 73.4 Å². The number of amides is 1. The van der Waals surface area contributed by atoms with Crippen LogP contribution < -0.4 is 10.5 Å². The van der Waals surface area contributed by atoms with E-state index in [1.165, 1.54) is 0 Å². The summed E-state index contributed by atoms with van der Waals surface area (Å²) >= 11 is 0. The standard InChI is InChI=1S/C24H36N4O2S2/c1-6-7-11-20-22-26-19(17-10-8-9-12-21(17)30-5)15-27(22)13-14-28(20)23(29)18(25)16-31-32-24(2,3)4/h8-10,12,15,18,20H,6-7,11,13-14,16,25H2,1-5H3/t18-,20+/m1/s1. The average molecular weight is 477 g/mol. The quantitative estimate of drug-likeness (QED) is 0.505. The highest BCUT2D eigenvalue weighted by Gasteiger charge is 2.35. The first-order chi connectivity index (χ1) is 15.2. The molecule has 2 atom stereocenters. The Balaban J connectivity index is 1.82. The van der Waals surface area contributed by atoms with Crippen molar-refractivity contribution in [3.05, 3.63) is 36.3 Å². The molecular weight excluding hydrogens is 440 g/mol. The van der Waals surface area contributed by atoms with Gasteiger partial charge in [0, 0.05) is 35.3 Å². The van der Waals surface area contributed by atoms with Crippen molar-refractivity contribution in [3.63, 3.8) is 0 Å². The van der Waals surface area contributed by atoms with Crippen LogP contribution in [0.15, 0.2) is 30.5 Å². The van der Waals surface area contributed by atoms with Crippen molar-refractivity contribution >= 4 is 27.5 Å². The molecule has 2 heterocycles. The van der Waals surface area contributed by atoms with Crippen LogP contribution in [0, 0.1) is 0 Å². The molecule has 32 heavy (non-hydrogen) atoms. The fourth-order valence-corrected chi connectivity index (χ4v) is 6.30. The first-order valence-electron chi connectivity index (χ1n) is 11.3. The highest BCUT2D eigenvalue weighted by molar-refractivity contribution is 8.77. The number of imidazole rings is 1. The number of aromatic nitrogens is 2. The van der Waals surface area contributed by atoms with Crippen molar-refractivity contribution in [2.24, 2.45) is 5.73 Å². The number of nitrogens with two attached hydrogens (primary N) is 1. The van der Waals surface area contributed by atoms with Gasteiger partial charge < -0.3 is 19.9 Å². The van der Waals surface area contributed by atoms with E-state index in [1.54, 1.807) is 28.7 Å². The van der Waals surface area contributed by atoms with Crippen LogP contribution in [0.5, 0.6) is 5.75 Å². The van der Waals surface area contributed by atoms with E-state index < -0.39 is 6.04 Å². The van der Waals surface area contributed by atoms with Gasteiger partial charge in [-0.25, -0.2) is 4.98 Å². The molecule has 2 aromatic rings. The van der Waals surface area contributed by atoms with Gasteiger partial charge in [0.15, 0.2) is 0 Å². The Labute approximate surface area is 200 Å². The van der Waals surface area contributed by atoms with E-state index in [1.807, 2.05) is 29.2 Å². The number of benzene rings is 1. The van der Waals surface area contributed by atoms with Crippen LogP contribution in [0.3, 0.4) is 0 Å². The van der Waals surface area contributed by atoms with E-state index in [-0.39, 0.29) is 16.7 Å². The summed E-state index contributed by atoms with van der Waals surface area (Å²) in [5.41, 5.74) is 8.21. The Morgan fingerprint density at radius 2 is 2.06 bits per heavy atom. The molecule has 6 nitrogen and oxygen atoms in total. The molecule has 8 heteroatoms. The number of rotatable bonds is 9. The van der Waals surface area contributed by atoms with E-state index >= 15 is 0 Å². The minimum Gasteiger partial charge on any atom is -0.496 e. The van der Waals surface area contributed by atoms with Crippen molar-refractivity contribution in [3.8, 4) is 17.0 Å². The molecule has 0 saturated heterocycles. The van der Waals surface area contributed by atoms with Crippen LogP contribution in [0.1, 0.15) is 58.8 Å². The van der Waals surface area contributed by atoms with Crippen LogP contribution >= 0.6 is 21.6 Å². The van der Waals surface area contributed by atoms with Gasteiger partial charge in [0.25, 0.3) is 0 Å². The monoisotopic (exact) mass is 476 g/mol. The van der Waals surface area contributed by atoms with E-state index in [4.69, 9.17) is 15.5 Å². The maximum atomic E-state index is 13.3. The molecular formula is C24H36N4O2S2. The van der Waals surface area contributed by atoms with Gasteiger partial charge >= 0.3 is 0 Å². The summed E-state index contributed by atoms with van der Waals surface area (Å²) in [6, 6.07) is 7.37. The summed E-state index contributed by atoms with van der Waals surface area (Å²) in [7, 11) is 5.13. The van der Waals surface area contributed by atoms with Crippen LogP contribution in [0.25, 0.3) is 11.3 Å². The van der Waals surface area contributed by atoms with Crippen LogP contribution in [-0.2, 0) is 11.3 Å². The molecule has 0 unspecified atom stereocenters.